The van der Waals surface area contributed by atoms with Crippen LogP contribution in [0.3, 0.4) is 0 Å². The van der Waals surface area contributed by atoms with Crippen LogP contribution in [-0.4, -0.2) is 11.4 Å². The molecule has 0 aromatic heterocycles. The number of amides is 1. The van der Waals surface area contributed by atoms with Crippen molar-refractivity contribution in [1.82, 2.24) is 0 Å². The van der Waals surface area contributed by atoms with Gasteiger partial charge in [-0.25, -0.2) is 0 Å². The molecule has 122 valence electrons. The van der Waals surface area contributed by atoms with E-state index in [-0.39, 0.29) is 11.4 Å². The van der Waals surface area contributed by atoms with E-state index in [1.165, 1.54) is 11.1 Å². The Hall–Kier alpha value is -2.61. The summed E-state index contributed by atoms with van der Waals surface area (Å²) >= 11 is 0. The first-order valence-corrected chi connectivity index (χ1v) is 8.26. The molecule has 0 bridgehead atoms. The second-order valence-electron chi connectivity index (χ2n) is 6.92. The van der Waals surface area contributed by atoms with Crippen molar-refractivity contribution in [3.8, 4) is 0 Å². The molecule has 1 heterocycles. The molecule has 0 aliphatic carbocycles. The molecular formula is C22H23NO. The molecule has 2 nitrogen and oxygen atoms in total. The zero-order valence-corrected chi connectivity index (χ0v) is 14.7. The second-order valence-corrected chi connectivity index (χ2v) is 6.92. The van der Waals surface area contributed by atoms with Crippen LogP contribution in [0.15, 0.2) is 60.7 Å². The molecule has 24 heavy (non-hydrogen) atoms. The van der Waals surface area contributed by atoms with Crippen molar-refractivity contribution in [2.75, 3.05) is 4.90 Å². The van der Waals surface area contributed by atoms with E-state index in [4.69, 9.17) is 0 Å². The summed E-state index contributed by atoms with van der Waals surface area (Å²) in [5.74, 6) is -0.00212. The van der Waals surface area contributed by atoms with Crippen LogP contribution in [-0.2, 0) is 4.79 Å². The monoisotopic (exact) mass is 317 g/mol. The number of hydrogen-bond donors (Lipinski definition) is 0. The van der Waals surface area contributed by atoms with Crippen molar-refractivity contribution in [2.24, 2.45) is 0 Å². The Morgan fingerprint density at radius 1 is 1.04 bits per heavy atom. The number of benzene rings is 2. The third-order valence-corrected chi connectivity index (χ3v) is 4.40. The smallest absolute Gasteiger partial charge is 0.251 e. The van der Waals surface area contributed by atoms with Gasteiger partial charge in [0.2, 0.25) is 0 Å². The first kappa shape index (κ1) is 16.3. The largest absolute Gasteiger partial charge is 0.299 e. The van der Waals surface area contributed by atoms with Gasteiger partial charge in [-0.3, -0.25) is 9.69 Å². The van der Waals surface area contributed by atoms with E-state index in [1.807, 2.05) is 41.3 Å². The predicted molar refractivity (Wildman–Crippen MR) is 102 cm³/mol. The third-order valence-electron chi connectivity index (χ3n) is 4.40. The first-order valence-electron chi connectivity index (χ1n) is 8.26. The predicted octanol–water partition coefficient (Wildman–Crippen LogP) is 5.24. The van der Waals surface area contributed by atoms with Crippen molar-refractivity contribution in [3.05, 3.63) is 77.4 Å². The highest BCUT2D eigenvalue weighted by atomic mass is 16.2. The molecule has 0 saturated heterocycles. The van der Waals surface area contributed by atoms with Crippen LogP contribution in [0, 0.1) is 6.92 Å². The summed E-state index contributed by atoms with van der Waals surface area (Å²) in [5, 5.41) is 0. The fourth-order valence-electron chi connectivity index (χ4n) is 3.35. The molecule has 1 aliphatic heterocycles. The average Bonchev–Trinajstić information content (AvgIpc) is 2.54. The average molecular weight is 317 g/mol. The molecule has 3 rings (SSSR count). The summed E-state index contributed by atoms with van der Waals surface area (Å²) in [6, 6.07) is 16.2. The van der Waals surface area contributed by atoms with Crippen LogP contribution in [0.1, 0.15) is 37.5 Å². The summed E-state index contributed by atoms with van der Waals surface area (Å²) in [4.78, 5) is 14.8. The fourth-order valence-corrected chi connectivity index (χ4v) is 3.35. The van der Waals surface area contributed by atoms with Crippen molar-refractivity contribution >= 4 is 23.2 Å². The lowest BCUT2D eigenvalue weighted by atomic mass is 9.88. The molecule has 2 heteroatoms. The number of anilines is 1. The topological polar surface area (TPSA) is 20.3 Å². The lowest BCUT2D eigenvalue weighted by molar-refractivity contribution is -0.114. The summed E-state index contributed by atoms with van der Waals surface area (Å²) in [6.07, 6.45) is 5.70. The number of carbonyl (C=O) groups excluding carboxylic acids is 1. The van der Waals surface area contributed by atoms with E-state index in [2.05, 4.69) is 52.0 Å². The lowest BCUT2D eigenvalue weighted by Gasteiger charge is -2.41. The molecule has 2 aromatic carbocycles. The molecule has 0 saturated carbocycles. The van der Waals surface area contributed by atoms with Gasteiger partial charge in [-0.2, -0.15) is 0 Å². The molecule has 0 fully saturated rings. The summed E-state index contributed by atoms with van der Waals surface area (Å²) in [5.41, 5.74) is 5.20. The highest BCUT2D eigenvalue weighted by molar-refractivity contribution is 6.08. The highest BCUT2D eigenvalue weighted by Crippen LogP contribution is 2.39. The van der Waals surface area contributed by atoms with Crippen LogP contribution in [0.25, 0.3) is 11.6 Å². The van der Waals surface area contributed by atoms with Gasteiger partial charge < -0.3 is 0 Å². The van der Waals surface area contributed by atoms with E-state index >= 15 is 0 Å². The fraction of sp³-hybridized carbons (Fsp3) is 0.227. The maximum absolute atomic E-state index is 13.0. The molecule has 2 aromatic rings. The summed E-state index contributed by atoms with van der Waals surface area (Å²) < 4.78 is 0. The number of fused-ring (bicyclic) bond motifs is 1. The van der Waals surface area contributed by atoms with E-state index in [9.17, 15) is 4.79 Å². The normalized spacial score (nSPS) is 16.0. The summed E-state index contributed by atoms with van der Waals surface area (Å²) in [6.45, 7) is 8.34. The number of carbonyl (C=O) groups is 1. The van der Waals surface area contributed by atoms with Crippen molar-refractivity contribution in [2.45, 2.75) is 33.2 Å². The lowest BCUT2D eigenvalue weighted by Crippen LogP contribution is -2.48. The maximum Gasteiger partial charge on any atom is 0.251 e. The highest BCUT2D eigenvalue weighted by Gasteiger charge is 2.34. The standard InChI is InChI=1S/C22H23NO/c1-16-10-12-20-19(14-16)17(2)15-22(3,4)23(20)21(24)13-11-18-8-6-5-7-9-18/h5-15H,1-4H3/b13-11+. The molecule has 1 amide bonds. The van der Waals surface area contributed by atoms with E-state index < -0.39 is 0 Å². The van der Waals surface area contributed by atoms with Gasteiger partial charge in [-0.15, -0.1) is 0 Å². The van der Waals surface area contributed by atoms with E-state index in [1.54, 1.807) is 6.08 Å². The van der Waals surface area contributed by atoms with Gasteiger partial charge in [0, 0.05) is 11.6 Å². The van der Waals surface area contributed by atoms with Crippen LogP contribution in [0.4, 0.5) is 5.69 Å². The number of rotatable bonds is 2. The Morgan fingerprint density at radius 3 is 2.46 bits per heavy atom. The number of aryl methyl sites for hydroxylation is 1. The van der Waals surface area contributed by atoms with Crippen LogP contribution in [0.5, 0.6) is 0 Å². The minimum absolute atomic E-state index is 0.00212. The minimum atomic E-state index is -0.357. The SMILES string of the molecule is CC1=CC(C)(C)N(C(=O)/C=C/c2ccccc2)c2ccc(C)cc21. The minimum Gasteiger partial charge on any atom is -0.299 e. The molecular weight excluding hydrogens is 294 g/mol. The number of nitrogens with zero attached hydrogens (tertiary/aromatic N) is 1. The number of hydrogen-bond acceptors (Lipinski definition) is 1. The second kappa shape index (κ2) is 6.12. The van der Waals surface area contributed by atoms with Crippen LogP contribution in [0.2, 0.25) is 0 Å². The maximum atomic E-state index is 13.0. The molecule has 0 spiro atoms. The molecule has 0 atom stereocenters. The van der Waals surface area contributed by atoms with Crippen LogP contribution >= 0.6 is 0 Å². The Balaban J connectivity index is 2.00. The molecule has 0 N–H and O–H groups in total. The van der Waals surface area contributed by atoms with E-state index in [0.29, 0.717) is 0 Å². The first-order chi connectivity index (χ1) is 11.4. The Bertz CT molecular complexity index is 828. The van der Waals surface area contributed by atoms with Gasteiger partial charge in [0.05, 0.1) is 11.2 Å². The van der Waals surface area contributed by atoms with Crippen LogP contribution < -0.4 is 4.90 Å². The quantitative estimate of drug-likeness (QED) is 0.694. The zero-order valence-electron chi connectivity index (χ0n) is 14.7. The van der Waals surface area contributed by atoms with Crippen molar-refractivity contribution < 1.29 is 4.79 Å². The van der Waals surface area contributed by atoms with Gasteiger partial charge in [-0.05, 0) is 57.0 Å². The third kappa shape index (κ3) is 3.05. The van der Waals surface area contributed by atoms with Crippen molar-refractivity contribution in [1.29, 1.82) is 0 Å². The Kier molecular flexibility index (Phi) is 4.15. The molecule has 1 aliphatic rings. The Morgan fingerprint density at radius 2 is 1.75 bits per heavy atom. The summed E-state index contributed by atoms with van der Waals surface area (Å²) in [7, 11) is 0. The zero-order chi connectivity index (χ0) is 17.3. The van der Waals surface area contributed by atoms with Gasteiger partial charge in [0.1, 0.15) is 0 Å². The van der Waals surface area contributed by atoms with Gasteiger partial charge in [0.15, 0.2) is 0 Å². The van der Waals surface area contributed by atoms with Gasteiger partial charge >= 0.3 is 0 Å². The van der Waals surface area contributed by atoms with Gasteiger partial charge in [-0.1, -0.05) is 48.0 Å². The molecule has 0 radical (unpaired) electrons. The van der Waals surface area contributed by atoms with Gasteiger partial charge in [0.25, 0.3) is 5.91 Å². The van der Waals surface area contributed by atoms with Crippen molar-refractivity contribution in [3.63, 3.8) is 0 Å². The number of allylic oxidation sites excluding steroid dienone is 1. The molecule has 0 unspecified atom stereocenters. The van der Waals surface area contributed by atoms with E-state index in [0.717, 1.165) is 16.8 Å². The Labute approximate surface area is 144 Å².